The predicted octanol–water partition coefficient (Wildman–Crippen LogP) is 8.83. The molecule has 212 valence electrons. The van der Waals surface area contributed by atoms with Crippen LogP contribution in [0.2, 0.25) is 0 Å². The monoisotopic (exact) mass is 552 g/mol. The average molecular weight is 553 g/mol. The Kier molecular flexibility index (Phi) is 10.0. The summed E-state index contributed by atoms with van der Waals surface area (Å²) in [5, 5.41) is 9.29. The highest BCUT2D eigenvalue weighted by atomic mass is 16.4. The minimum atomic E-state index is -0.880. The molecule has 0 unspecified atom stereocenters. The van der Waals surface area contributed by atoms with Crippen LogP contribution in [0.15, 0.2) is 121 Å². The van der Waals surface area contributed by atoms with Gasteiger partial charge in [0.25, 0.3) is 0 Å². The minimum absolute atomic E-state index is 0.337. The zero-order valence-electron chi connectivity index (χ0n) is 24.6. The number of carboxylic acids is 1. The zero-order valence-corrected chi connectivity index (χ0v) is 24.6. The first-order valence-electron chi connectivity index (χ1n) is 15.1. The number of benzene rings is 5. The molecule has 0 radical (unpaired) electrons. The minimum Gasteiger partial charge on any atom is -0.478 e. The van der Waals surface area contributed by atoms with E-state index in [1.807, 2.05) is 12.1 Å². The molecule has 0 aromatic heterocycles. The Balaban J connectivity index is 1.43. The number of carboxylic acid groups (broad SMARTS) is 1. The third-order valence-corrected chi connectivity index (χ3v) is 8.26. The largest absolute Gasteiger partial charge is 0.478 e. The molecule has 42 heavy (non-hydrogen) atoms. The summed E-state index contributed by atoms with van der Waals surface area (Å²) < 4.78 is 0. The highest BCUT2D eigenvalue weighted by Gasteiger charge is 2.13. The van der Waals surface area contributed by atoms with Crippen LogP contribution in [0.5, 0.6) is 0 Å². The quantitative estimate of drug-likeness (QED) is 0.158. The molecule has 5 aromatic rings. The molecular weight excluding hydrogens is 512 g/mol. The van der Waals surface area contributed by atoms with Crippen molar-refractivity contribution >= 4 is 5.97 Å². The predicted molar refractivity (Wildman–Crippen MR) is 174 cm³/mol. The van der Waals surface area contributed by atoms with Crippen molar-refractivity contribution in [2.75, 3.05) is 0 Å². The number of aromatic carboxylic acids is 1. The van der Waals surface area contributed by atoms with Gasteiger partial charge in [0, 0.05) is 0 Å². The molecule has 0 amide bonds. The summed E-state index contributed by atoms with van der Waals surface area (Å²) >= 11 is 0. The smallest absolute Gasteiger partial charge is 0.335 e. The topological polar surface area (TPSA) is 37.3 Å². The second-order valence-electron chi connectivity index (χ2n) is 11.3. The highest BCUT2D eigenvalue weighted by Crippen LogP contribution is 2.25. The average Bonchev–Trinajstić information content (AvgIpc) is 3.03. The maximum Gasteiger partial charge on any atom is 0.335 e. The van der Waals surface area contributed by atoms with Crippen molar-refractivity contribution in [2.45, 2.75) is 58.3 Å². The Labute approximate surface area is 250 Å². The summed E-state index contributed by atoms with van der Waals surface area (Å²) in [6.07, 6.45) is 7.96. The number of carbonyl (C=O) groups is 1. The van der Waals surface area contributed by atoms with Gasteiger partial charge in [-0.15, -0.1) is 0 Å². The molecule has 0 atom stereocenters. The van der Waals surface area contributed by atoms with E-state index >= 15 is 0 Å². The van der Waals surface area contributed by atoms with Gasteiger partial charge in [-0.1, -0.05) is 115 Å². The number of rotatable bonds is 13. The SMILES string of the molecule is Cc1ccc(CCc2cc(CCc3ccccc3)c(CCc3ccccc3)cc2CCc2ccc(C(=O)O)cc2)cc1. The van der Waals surface area contributed by atoms with Crippen molar-refractivity contribution in [2.24, 2.45) is 0 Å². The van der Waals surface area contributed by atoms with Crippen LogP contribution in [0.3, 0.4) is 0 Å². The van der Waals surface area contributed by atoms with Crippen LogP contribution in [0.1, 0.15) is 60.4 Å². The zero-order chi connectivity index (χ0) is 29.1. The number of hydrogen-bond acceptors (Lipinski definition) is 1. The van der Waals surface area contributed by atoms with E-state index in [-0.39, 0.29) is 0 Å². The molecule has 0 aliphatic carbocycles. The van der Waals surface area contributed by atoms with E-state index in [0.29, 0.717) is 5.56 Å². The lowest BCUT2D eigenvalue weighted by Gasteiger charge is -2.18. The van der Waals surface area contributed by atoms with Gasteiger partial charge in [0.2, 0.25) is 0 Å². The molecule has 0 saturated carbocycles. The van der Waals surface area contributed by atoms with Gasteiger partial charge in [-0.2, -0.15) is 0 Å². The van der Waals surface area contributed by atoms with Gasteiger partial charge in [-0.3, -0.25) is 0 Å². The van der Waals surface area contributed by atoms with Crippen LogP contribution < -0.4 is 0 Å². The van der Waals surface area contributed by atoms with Crippen LogP contribution in [-0.2, 0) is 51.4 Å². The molecular formula is C40H40O2. The molecule has 2 heteroatoms. The van der Waals surface area contributed by atoms with E-state index in [4.69, 9.17) is 0 Å². The Morgan fingerprint density at radius 3 is 1.14 bits per heavy atom. The molecule has 1 N–H and O–H groups in total. The van der Waals surface area contributed by atoms with Crippen molar-refractivity contribution in [3.8, 4) is 0 Å². The molecule has 5 aromatic carbocycles. The van der Waals surface area contributed by atoms with Gasteiger partial charge < -0.3 is 5.11 Å². The molecule has 5 rings (SSSR count). The first-order valence-corrected chi connectivity index (χ1v) is 15.1. The van der Waals surface area contributed by atoms with Crippen LogP contribution in [0, 0.1) is 6.92 Å². The molecule has 0 aliphatic heterocycles. The van der Waals surface area contributed by atoms with E-state index in [0.717, 1.165) is 51.4 Å². The summed E-state index contributed by atoms with van der Waals surface area (Å²) in [5.74, 6) is -0.880. The summed E-state index contributed by atoms with van der Waals surface area (Å²) in [5.41, 5.74) is 12.7. The summed E-state index contributed by atoms with van der Waals surface area (Å²) in [4.78, 5) is 11.3. The Bertz CT molecular complexity index is 1570. The molecule has 0 spiro atoms. The molecule has 0 saturated heterocycles. The third-order valence-electron chi connectivity index (χ3n) is 8.26. The highest BCUT2D eigenvalue weighted by molar-refractivity contribution is 5.87. The number of aryl methyl sites for hydroxylation is 9. The second-order valence-corrected chi connectivity index (χ2v) is 11.3. The Hall–Kier alpha value is -4.43. The van der Waals surface area contributed by atoms with Crippen molar-refractivity contribution < 1.29 is 9.90 Å². The van der Waals surface area contributed by atoms with Crippen molar-refractivity contribution in [1.29, 1.82) is 0 Å². The van der Waals surface area contributed by atoms with E-state index in [2.05, 4.69) is 104 Å². The van der Waals surface area contributed by atoms with Crippen LogP contribution in [0.4, 0.5) is 0 Å². The molecule has 2 nitrogen and oxygen atoms in total. The molecule has 0 fully saturated rings. The van der Waals surface area contributed by atoms with Gasteiger partial charge in [0.1, 0.15) is 0 Å². The summed E-state index contributed by atoms with van der Waals surface area (Å²) in [6, 6.07) is 42.8. The van der Waals surface area contributed by atoms with Gasteiger partial charge in [-0.05, 0) is 115 Å². The normalized spacial score (nSPS) is 11.0. The van der Waals surface area contributed by atoms with Crippen molar-refractivity contribution in [3.05, 3.63) is 177 Å². The second kappa shape index (κ2) is 14.5. The fraction of sp³-hybridized carbons (Fsp3) is 0.225. The number of hydrogen-bond donors (Lipinski definition) is 1. The van der Waals surface area contributed by atoms with Crippen molar-refractivity contribution in [1.82, 2.24) is 0 Å². The maximum atomic E-state index is 11.3. The van der Waals surface area contributed by atoms with Gasteiger partial charge in [0.15, 0.2) is 0 Å². The first-order chi connectivity index (χ1) is 20.5. The van der Waals surface area contributed by atoms with Crippen LogP contribution >= 0.6 is 0 Å². The fourth-order valence-corrected chi connectivity index (χ4v) is 5.70. The van der Waals surface area contributed by atoms with Crippen LogP contribution in [0.25, 0.3) is 0 Å². The van der Waals surface area contributed by atoms with E-state index in [1.54, 1.807) is 12.1 Å². The summed E-state index contributed by atoms with van der Waals surface area (Å²) in [6.45, 7) is 2.14. The Morgan fingerprint density at radius 2 is 0.786 bits per heavy atom. The molecule has 0 heterocycles. The van der Waals surface area contributed by atoms with Crippen LogP contribution in [-0.4, -0.2) is 11.1 Å². The van der Waals surface area contributed by atoms with E-state index in [9.17, 15) is 9.90 Å². The maximum absolute atomic E-state index is 11.3. The molecule has 0 bridgehead atoms. The third kappa shape index (κ3) is 8.30. The Morgan fingerprint density at radius 1 is 0.452 bits per heavy atom. The lowest BCUT2D eigenvalue weighted by Crippen LogP contribution is -2.07. The lowest BCUT2D eigenvalue weighted by atomic mass is 9.87. The van der Waals surface area contributed by atoms with E-state index < -0.39 is 5.97 Å². The summed E-state index contributed by atoms with van der Waals surface area (Å²) in [7, 11) is 0. The van der Waals surface area contributed by atoms with Gasteiger partial charge >= 0.3 is 5.97 Å². The fourth-order valence-electron chi connectivity index (χ4n) is 5.70. The van der Waals surface area contributed by atoms with Crippen molar-refractivity contribution in [3.63, 3.8) is 0 Å². The lowest BCUT2D eigenvalue weighted by molar-refractivity contribution is 0.0697. The van der Waals surface area contributed by atoms with Gasteiger partial charge in [0.05, 0.1) is 5.56 Å². The van der Waals surface area contributed by atoms with E-state index in [1.165, 1.54) is 50.1 Å². The first kappa shape index (κ1) is 29.1. The standard InChI is InChI=1S/C40H40O2/c1-30-12-14-33(15-13-30)20-26-38-28-36(24-18-31-8-4-2-5-9-31)37(25-19-32-10-6-3-7-11-32)29-39(38)27-21-34-16-22-35(23-17-34)40(41)42/h2-17,22-23,28-29H,18-21,24-27H2,1H3,(H,41,42). The van der Waals surface area contributed by atoms with Gasteiger partial charge in [-0.25, -0.2) is 4.79 Å². The molecule has 0 aliphatic rings.